The van der Waals surface area contributed by atoms with E-state index < -0.39 is 10.0 Å². The lowest BCUT2D eigenvalue weighted by molar-refractivity contribution is 0.331. The summed E-state index contributed by atoms with van der Waals surface area (Å²) in [5, 5.41) is 0.387. The van der Waals surface area contributed by atoms with Gasteiger partial charge in [-0.15, -0.1) is 6.58 Å². The Balaban J connectivity index is 3.28. The van der Waals surface area contributed by atoms with Gasteiger partial charge in [-0.05, 0) is 31.5 Å². The molecule has 1 rings (SSSR count). The van der Waals surface area contributed by atoms with Gasteiger partial charge in [-0.2, -0.15) is 0 Å². The highest BCUT2D eigenvalue weighted by Crippen LogP contribution is 2.30. The molecule has 0 saturated heterocycles. The van der Waals surface area contributed by atoms with Gasteiger partial charge in [-0.3, -0.25) is 0 Å². The number of hydrogen-bond acceptors (Lipinski definition) is 3. The summed E-state index contributed by atoms with van der Waals surface area (Å²) in [4.78, 5) is 0.0433. The molecule has 0 heterocycles. The molecule has 6 heteroatoms. The normalized spacial score (nSPS) is 11.3. The quantitative estimate of drug-likeness (QED) is 0.819. The van der Waals surface area contributed by atoms with Crippen molar-refractivity contribution in [3.63, 3.8) is 0 Å². The highest BCUT2D eigenvalue weighted by molar-refractivity contribution is 7.89. The van der Waals surface area contributed by atoms with E-state index in [1.54, 1.807) is 19.9 Å². The van der Waals surface area contributed by atoms with Gasteiger partial charge in [0.15, 0.2) is 0 Å². The summed E-state index contributed by atoms with van der Waals surface area (Å²) in [6, 6.07) is 3.02. The third kappa shape index (κ3) is 3.48. The maximum absolute atomic E-state index is 12.1. The Bertz CT molecular complexity index is 540. The smallest absolute Gasteiger partial charge is 0.244 e. The molecule has 0 aliphatic carbocycles. The second kappa shape index (κ2) is 6.22. The molecule has 0 aliphatic rings. The number of ether oxygens (including phenoxy) is 1. The number of aryl methyl sites for hydroxylation is 1. The van der Waals surface area contributed by atoms with Crippen molar-refractivity contribution in [1.82, 2.24) is 4.72 Å². The summed E-state index contributed by atoms with van der Waals surface area (Å²) < 4.78 is 31.8. The molecular weight excluding hydrogens is 274 g/mol. The lowest BCUT2D eigenvalue weighted by atomic mass is 10.2. The summed E-state index contributed by atoms with van der Waals surface area (Å²) in [7, 11) is -3.65. The molecule has 0 aliphatic heterocycles. The average molecular weight is 290 g/mol. The van der Waals surface area contributed by atoms with Gasteiger partial charge in [0.2, 0.25) is 10.0 Å². The SMILES string of the molecule is C=CCNS(=O)(=O)c1cc(Cl)c(C)cc1OCC. The van der Waals surface area contributed by atoms with Crippen LogP contribution in [0.2, 0.25) is 5.02 Å². The van der Waals surface area contributed by atoms with Gasteiger partial charge in [-0.1, -0.05) is 17.7 Å². The van der Waals surface area contributed by atoms with E-state index in [0.717, 1.165) is 5.56 Å². The molecule has 0 bridgehead atoms. The van der Waals surface area contributed by atoms with Crippen molar-refractivity contribution >= 4 is 21.6 Å². The lowest BCUT2D eigenvalue weighted by Crippen LogP contribution is -2.24. The van der Waals surface area contributed by atoms with Crippen molar-refractivity contribution < 1.29 is 13.2 Å². The Kier molecular flexibility index (Phi) is 5.19. The summed E-state index contributed by atoms with van der Waals surface area (Å²) >= 11 is 5.96. The minimum Gasteiger partial charge on any atom is -0.492 e. The number of rotatable bonds is 6. The van der Waals surface area contributed by atoms with E-state index in [9.17, 15) is 8.42 Å². The Morgan fingerprint density at radius 1 is 1.50 bits per heavy atom. The van der Waals surface area contributed by atoms with Gasteiger partial charge < -0.3 is 4.74 Å². The highest BCUT2D eigenvalue weighted by Gasteiger charge is 2.20. The molecule has 0 aromatic heterocycles. The van der Waals surface area contributed by atoms with Crippen molar-refractivity contribution in [2.24, 2.45) is 0 Å². The topological polar surface area (TPSA) is 55.4 Å². The van der Waals surface area contributed by atoms with Gasteiger partial charge in [0.05, 0.1) is 6.61 Å². The molecule has 100 valence electrons. The van der Waals surface area contributed by atoms with E-state index in [1.165, 1.54) is 12.1 Å². The number of hydrogen-bond donors (Lipinski definition) is 1. The van der Waals surface area contributed by atoms with Crippen LogP contribution in [0.3, 0.4) is 0 Å². The molecule has 0 unspecified atom stereocenters. The Labute approximate surface area is 113 Å². The Hall–Kier alpha value is -1.04. The molecule has 1 N–H and O–H groups in total. The largest absolute Gasteiger partial charge is 0.492 e. The Morgan fingerprint density at radius 2 is 2.17 bits per heavy atom. The third-order valence-corrected chi connectivity index (χ3v) is 4.08. The zero-order valence-corrected chi connectivity index (χ0v) is 11.9. The zero-order valence-electron chi connectivity index (χ0n) is 10.4. The van der Waals surface area contributed by atoms with Crippen LogP contribution in [0.15, 0.2) is 29.7 Å². The van der Waals surface area contributed by atoms with Crippen LogP contribution in [-0.2, 0) is 10.0 Å². The minimum atomic E-state index is -3.65. The predicted octanol–water partition coefficient (Wildman–Crippen LogP) is 2.51. The highest BCUT2D eigenvalue weighted by atomic mass is 35.5. The number of nitrogens with one attached hydrogen (secondary N) is 1. The van der Waals surface area contributed by atoms with Gasteiger partial charge in [-0.25, -0.2) is 13.1 Å². The average Bonchev–Trinajstić information content (AvgIpc) is 2.31. The number of sulfonamides is 1. The van der Waals surface area contributed by atoms with Gasteiger partial charge >= 0.3 is 0 Å². The number of benzene rings is 1. The maximum atomic E-state index is 12.1. The summed E-state index contributed by atoms with van der Waals surface area (Å²) in [5.41, 5.74) is 0.766. The van der Waals surface area contributed by atoms with E-state index in [0.29, 0.717) is 17.4 Å². The fourth-order valence-corrected chi connectivity index (χ4v) is 2.74. The summed E-state index contributed by atoms with van der Waals surface area (Å²) in [5.74, 6) is 0.302. The van der Waals surface area contributed by atoms with Crippen LogP contribution in [0, 0.1) is 6.92 Å². The molecule has 1 aromatic carbocycles. The molecule has 0 saturated carbocycles. The van der Waals surface area contributed by atoms with E-state index >= 15 is 0 Å². The third-order valence-electron chi connectivity index (χ3n) is 2.23. The fourth-order valence-electron chi connectivity index (χ4n) is 1.36. The first-order valence-corrected chi connectivity index (χ1v) is 7.32. The van der Waals surface area contributed by atoms with E-state index in [2.05, 4.69) is 11.3 Å². The minimum absolute atomic E-state index is 0.0433. The van der Waals surface area contributed by atoms with Crippen LogP contribution in [0.25, 0.3) is 0 Å². The first-order valence-electron chi connectivity index (χ1n) is 5.46. The van der Waals surface area contributed by atoms with E-state index in [-0.39, 0.29) is 11.4 Å². The van der Waals surface area contributed by atoms with Crippen molar-refractivity contribution in [3.05, 3.63) is 35.4 Å². The first kappa shape index (κ1) is 15.0. The molecule has 4 nitrogen and oxygen atoms in total. The van der Waals surface area contributed by atoms with Gasteiger partial charge in [0.1, 0.15) is 10.6 Å². The van der Waals surface area contributed by atoms with Crippen molar-refractivity contribution in [1.29, 1.82) is 0 Å². The molecule has 0 amide bonds. The molecule has 0 radical (unpaired) electrons. The van der Waals surface area contributed by atoms with Gasteiger partial charge in [0, 0.05) is 11.6 Å². The van der Waals surface area contributed by atoms with Crippen LogP contribution >= 0.6 is 11.6 Å². The molecule has 0 fully saturated rings. The second-order valence-corrected chi connectivity index (χ2v) is 5.76. The van der Waals surface area contributed by atoms with Crippen LogP contribution in [-0.4, -0.2) is 21.6 Å². The van der Waals surface area contributed by atoms with E-state index in [4.69, 9.17) is 16.3 Å². The van der Waals surface area contributed by atoms with Crippen molar-refractivity contribution in [2.75, 3.05) is 13.2 Å². The monoisotopic (exact) mass is 289 g/mol. The lowest BCUT2D eigenvalue weighted by Gasteiger charge is -2.13. The van der Waals surface area contributed by atoms with E-state index in [1.807, 2.05) is 0 Å². The number of halogens is 1. The predicted molar refractivity (Wildman–Crippen MR) is 72.7 cm³/mol. The maximum Gasteiger partial charge on any atom is 0.244 e. The summed E-state index contributed by atoms with van der Waals surface area (Å²) in [6.45, 7) is 7.58. The van der Waals surface area contributed by atoms with Crippen LogP contribution < -0.4 is 9.46 Å². The molecular formula is C12H16ClNO3S. The molecule has 0 atom stereocenters. The second-order valence-electron chi connectivity index (χ2n) is 3.62. The fraction of sp³-hybridized carbons (Fsp3) is 0.333. The molecule has 0 spiro atoms. The zero-order chi connectivity index (χ0) is 13.8. The molecule has 1 aromatic rings. The first-order chi connectivity index (χ1) is 8.42. The Morgan fingerprint density at radius 3 is 2.72 bits per heavy atom. The van der Waals surface area contributed by atoms with Crippen molar-refractivity contribution in [3.8, 4) is 5.75 Å². The van der Waals surface area contributed by atoms with Crippen molar-refractivity contribution in [2.45, 2.75) is 18.7 Å². The molecule has 18 heavy (non-hydrogen) atoms. The summed E-state index contributed by atoms with van der Waals surface area (Å²) in [6.07, 6.45) is 1.47. The standard InChI is InChI=1S/C12H16ClNO3S/c1-4-6-14-18(15,16)12-8-10(13)9(3)7-11(12)17-5-2/h4,7-8,14H,1,5-6H2,2-3H3. The van der Waals surface area contributed by atoms with Crippen LogP contribution in [0.5, 0.6) is 5.75 Å². The van der Waals surface area contributed by atoms with Gasteiger partial charge in [0.25, 0.3) is 0 Å². The van der Waals surface area contributed by atoms with Crippen LogP contribution in [0.4, 0.5) is 0 Å². The van der Waals surface area contributed by atoms with Crippen LogP contribution in [0.1, 0.15) is 12.5 Å².